The maximum absolute atomic E-state index is 11.9. The molecule has 0 aromatic heterocycles. The molecule has 0 saturated carbocycles. The number of likely N-dealkylation sites (tertiary alicyclic amines) is 2. The summed E-state index contributed by atoms with van der Waals surface area (Å²) in [6.07, 6.45) is 4.13. The Balaban J connectivity index is 1.60. The van der Waals surface area contributed by atoms with Crippen molar-refractivity contribution in [2.75, 3.05) is 53.4 Å². The first-order valence-electron chi connectivity index (χ1n) is 9.05. The molecule has 6 nitrogen and oxygen atoms in total. The number of nitrogens with one attached hydrogen (secondary N) is 1. The zero-order valence-electron chi connectivity index (χ0n) is 15.0. The Morgan fingerprint density at radius 1 is 1.17 bits per heavy atom. The molecular formula is C17H34N4O2. The van der Waals surface area contributed by atoms with Crippen molar-refractivity contribution >= 4 is 6.03 Å². The van der Waals surface area contributed by atoms with Gasteiger partial charge >= 0.3 is 6.03 Å². The monoisotopic (exact) mass is 326 g/mol. The summed E-state index contributed by atoms with van der Waals surface area (Å²) >= 11 is 0. The molecule has 2 fully saturated rings. The highest BCUT2D eigenvalue weighted by atomic mass is 16.3. The van der Waals surface area contributed by atoms with Crippen LogP contribution >= 0.6 is 0 Å². The molecular weight excluding hydrogens is 292 g/mol. The minimum atomic E-state index is -0.301. The van der Waals surface area contributed by atoms with Gasteiger partial charge in [-0.1, -0.05) is 6.92 Å². The molecule has 0 spiro atoms. The van der Waals surface area contributed by atoms with Crippen LogP contribution in [0.15, 0.2) is 0 Å². The Labute approximate surface area is 140 Å². The highest BCUT2D eigenvalue weighted by molar-refractivity contribution is 5.73. The molecule has 2 aliphatic rings. The summed E-state index contributed by atoms with van der Waals surface area (Å²) in [6.45, 7) is 7.56. The van der Waals surface area contributed by atoms with Gasteiger partial charge in [-0.05, 0) is 44.7 Å². The first-order valence-corrected chi connectivity index (χ1v) is 9.05. The van der Waals surface area contributed by atoms with E-state index in [4.69, 9.17) is 0 Å². The second-order valence-corrected chi connectivity index (χ2v) is 7.48. The van der Waals surface area contributed by atoms with Crippen LogP contribution in [0.3, 0.4) is 0 Å². The molecule has 2 saturated heterocycles. The van der Waals surface area contributed by atoms with Gasteiger partial charge in [0.15, 0.2) is 0 Å². The van der Waals surface area contributed by atoms with E-state index >= 15 is 0 Å². The summed E-state index contributed by atoms with van der Waals surface area (Å²) in [5.74, 6) is 0.830. The lowest BCUT2D eigenvalue weighted by Crippen LogP contribution is -2.50. The Morgan fingerprint density at radius 3 is 2.35 bits per heavy atom. The Hall–Kier alpha value is -0.850. The van der Waals surface area contributed by atoms with Gasteiger partial charge in [-0.15, -0.1) is 0 Å². The van der Waals surface area contributed by atoms with E-state index in [0.29, 0.717) is 12.6 Å². The number of piperidine rings is 2. The lowest BCUT2D eigenvalue weighted by Gasteiger charge is -2.35. The van der Waals surface area contributed by atoms with Crippen LogP contribution in [0.5, 0.6) is 0 Å². The van der Waals surface area contributed by atoms with Crippen LogP contribution in [0.4, 0.5) is 4.79 Å². The summed E-state index contributed by atoms with van der Waals surface area (Å²) in [5, 5.41) is 13.7. The van der Waals surface area contributed by atoms with Gasteiger partial charge in [-0.3, -0.25) is 0 Å². The fraction of sp³-hybridized carbons (Fsp3) is 0.941. The maximum Gasteiger partial charge on any atom is 0.319 e. The molecule has 0 radical (unpaired) electrons. The number of β-amino-alcohol motifs (C(OH)–C–C–N with tert-alkyl or cyclic N) is 1. The summed E-state index contributed by atoms with van der Waals surface area (Å²) in [6, 6.07) is 0.514. The Kier molecular flexibility index (Phi) is 7.11. The third-order valence-electron chi connectivity index (χ3n) is 5.14. The van der Waals surface area contributed by atoms with E-state index in [9.17, 15) is 9.90 Å². The highest BCUT2D eigenvalue weighted by Crippen LogP contribution is 2.16. The van der Waals surface area contributed by atoms with Gasteiger partial charge in [0.2, 0.25) is 0 Å². The molecule has 2 amide bonds. The van der Waals surface area contributed by atoms with E-state index in [-0.39, 0.29) is 12.1 Å². The van der Waals surface area contributed by atoms with E-state index in [1.54, 1.807) is 19.0 Å². The number of rotatable bonds is 5. The molecule has 23 heavy (non-hydrogen) atoms. The first-order chi connectivity index (χ1) is 11.0. The number of carbonyl (C=O) groups is 1. The van der Waals surface area contributed by atoms with Crippen molar-refractivity contribution in [2.45, 2.75) is 44.8 Å². The average molecular weight is 326 g/mol. The van der Waals surface area contributed by atoms with Crippen molar-refractivity contribution in [1.29, 1.82) is 0 Å². The van der Waals surface area contributed by atoms with Crippen LogP contribution in [0.2, 0.25) is 0 Å². The van der Waals surface area contributed by atoms with Gasteiger partial charge in [0.25, 0.3) is 0 Å². The minimum Gasteiger partial charge on any atom is -0.390 e. The quantitative estimate of drug-likeness (QED) is 0.785. The second kappa shape index (κ2) is 8.85. The van der Waals surface area contributed by atoms with Gasteiger partial charge in [0.1, 0.15) is 0 Å². The molecule has 0 aliphatic carbocycles. The van der Waals surface area contributed by atoms with Gasteiger partial charge in [0, 0.05) is 46.3 Å². The van der Waals surface area contributed by atoms with Crippen molar-refractivity contribution in [3.05, 3.63) is 0 Å². The van der Waals surface area contributed by atoms with Crippen LogP contribution in [0.25, 0.3) is 0 Å². The largest absolute Gasteiger partial charge is 0.390 e. The summed E-state index contributed by atoms with van der Waals surface area (Å²) in [4.78, 5) is 17.8. The van der Waals surface area contributed by atoms with E-state index in [0.717, 1.165) is 51.5 Å². The number of aliphatic hydroxyl groups excluding tert-OH is 1. The molecule has 2 N–H and O–H groups in total. The molecule has 6 heteroatoms. The Bertz CT molecular complexity index is 362. The van der Waals surface area contributed by atoms with Crippen molar-refractivity contribution in [1.82, 2.24) is 20.0 Å². The average Bonchev–Trinajstić information content (AvgIpc) is 2.55. The molecule has 134 valence electrons. The molecule has 1 unspecified atom stereocenters. The van der Waals surface area contributed by atoms with Gasteiger partial charge in [-0.25, -0.2) is 4.79 Å². The van der Waals surface area contributed by atoms with E-state index < -0.39 is 0 Å². The van der Waals surface area contributed by atoms with Crippen LogP contribution < -0.4 is 5.32 Å². The number of hydrogen-bond donors (Lipinski definition) is 2. The molecule has 0 aromatic rings. The van der Waals surface area contributed by atoms with Crippen molar-refractivity contribution in [3.8, 4) is 0 Å². The predicted octanol–water partition coefficient (Wildman–Crippen LogP) is 0.815. The molecule has 2 aliphatic heterocycles. The molecule has 1 atom stereocenters. The van der Waals surface area contributed by atoms with Crippen LogP contribution in [-0.2, 0) is 0 Å². The highest BCUT2D eigenvalue weighted by Gasteiger charge is 2.24. The van der Waals surface area contributed by atoms with Crippen molar-refractivity contribution in [2.24, 2.45) is 5.92 Å². The van der Waals surface area contributed by atoms with E-state index in [2.05, 4.69) is 17.1 Å². The van der Waals surface area contributed by atoms with Crippen molar-refractivity contribution < 1.29 is 9.90 Å². The smallest absolute Gasteiger partial charge is 0.319 e. The summed E-state index contributed by atoms with van der Waals surface area (Å²) < 4.78 is 0. The second-order valence-electron chi connectivity index (χ2n) is 7.48. The topological polar surface area (TPSA) is 59.1 Å². The molecule has 2 heterocycles. The molecule has 0 bridgehead atoms. The number of amides is 2. The Morgan fingerprint density at radius 2 is 1.78 bits per heavy atom. The van der Waals surface area contributed by atoms with E-state index in [1.807, 2.05) is 4.90 Å². The zero-order chi connectivity index (χ0) is 16.8. The van der Waals surface area contributed by atoms with Gasteiger partial charge in [-0.2, -0.15) is 0 Å². The molecule has 0 aromatic carbocycles. The summed E-state index contributed by atoms with van der Waals surface area (Å²) in [7, 11) is 3.59. The van der Waals surface area contributed by atoms with E-state index in [1.165, 1.54) is 12.8 Å². The lowest BCUT2D eigenvalue weighted by atomic mass is 9.99. The fourth-order valence-electron chi connectivity index (χ4n) is 3.47. The predicted molar refractivity (Wildman–Crippen MR) is 92.5 cm³/mol. The first kappa shape index (κ1) is 18.5. The third kappa shape index (κ3) is 5.94. The van der Waals surface area contributed by atoms with Crippen molar-refractivity contribution in [3.63, 3.8) is 0 Å². The standard InChI is InChI=1S/C17H34N4O2/c1-14-4-8-20(9-5-14)13-16(22)12-18-15-6-10-21(11-7-15)17(23)19(2)3/h14-16,18,22H,4-13H2,1-3H3. The summed E-state index contributed by atoms with van der Waals surface area (Å²) in [5.41, 5.74) is 0. The third-order valence-corrected chi connectivity index (χ3v) is 5.14. The normalized spacial score (nSPS) is 23.0. The van der Waals surface area contributed by atoms with Crippen LogP contribution in [0, 0.1) is 5.92 Å². The fourth-order valence-corrected chi connectivity index (χ4v) is 3.47. The zero-order valence-corrected chi connectivity index (χ0v) is 15.0. The number of nitrogens with zero attached hydrogens (tertiary/aromatic N) is 3. The number of hydrogen-bond acceptors (Lipinski definition) is 4. The SMILES string of the molecule is CC1CCN(CC(O)CNC2CCN(C(=O)N(C)C)CC2)CC1. The van der Waals surface area contributed by atoms with Gasteiger partial charge in [0.05, 0.1) is 6.10 Å². The lowest BCUT2D eigenvalue weighted by molar-refractivity contribution is 0.0857. The number of aliphatic hydroxyl groups is 1. The number of carbonyl (C=O) groups excluding carboxylic acids is 1. The molecule has 2 rings (SSSR count). The van der Waals surface area contributed by atoms with Crippen LogP contribution in [-0.4, -0.2) is 91.3 Å². The van der Waals surface area contributed by atoms with Gasteiger partial charge < -0.3 is 25.1 Å². The maximum atomic E-state index is 11.9. The van der Waals surface area contributed by atoms with Crippen LogP contribution in [0.1, 0.15) is 32.6 Å². The number of urea groups is 1. The minimum absolute atomic E-state index is 0.0998.